The third kappa shape index (κ3) is 3.01. The summed E-state index contributed by atoms with van der Waals surface area (Å²) >= 11 is 5.61. The second-order valence-corrected chi connectivity index (χ2v) is 3.74. The summed E-state index contributed by atoms with van der Waals surface area (Å²) in [6.07, 6.45) is 4.81. The molecule has 0 radical (unpaired) electrons. The van der Waals surface area contributed by atoms with Crippen LogP contribution in [0.25, 0.3) is 5.57 Å². The minimum Gasteiger partial charge on any atom is -0.465 e. The van der Waals surface area contributed by atoms with Crippen LogP contribution in [-0.2, 0) is 4.74 Å². The molecule has 1 heterocycles. The molecule has 0 aliphatic carbocycles. The van der Waals surface area contributed by atoms with Gasteiger partial charge in [-0.1, -0.05) is 30.3 Å². The maximum absolute atomic E-state index is 11.5. The van der Waals surface area contributed by atoms with E-state index in [9.17, 15) is 9.59 Å². The summed E-state index contributed by atoms with van der Waals surface area (Å²) < 4.78 is 9.12. The fraction of sp³-hybridized carbons (Fsp3) is 0.167. The third-order valence-electron chi connectivity index (χ3n) is 2.13. The summed E-state index contributed by atoms with van der Waals surface area (Å²) in [4.78, 5) is 22.9. The summed E-state index contributed by atoms with van der Waals surface area (Å²) in [5.41, 5.74) is -0.170. The van der Waals surface area contributed by atoms with E-state index in [-0.39, 0.29) is 11.3 Å². The number of esters is 1. The lowest BCUT2D eigenvalue weighted by Gasteiger charge is -2.00. The van der Waals surface area contributed by atoms with Crippen LogP contribution < -0.4 is 5.63 Å². The molecule has 1 rings (SSSR count). The number of allylic oxidation sites excluding steroid dienone is 5. The van der Waals surface area contributed by atoms with Gasteiger partial charge in [0, 0.05) is 5.03 Å². The molecule has 0 fully saturated rings. The second kappa shape index (κ2) is 6.07. The highest BCUT2D eigenvalue weighted by molar-refractivity contribution is 6.30. The fourth-order valence-electron chi connectivity index (χ4n) is 1.30. The van der Waals surface area contributed by atoms with Crippen LogP contribution in [0.15, 0.2) is 39.2 Å². The Kier molecular flexibility index (Phi) is 4.74. The minimum atomic E-state index is -0.783. The van der Waals surface area contributed by atoms with Crippen LogP contribution in [0.2, 0.25) is 0 Å². The number of ether oxygens (including phenoxy) is 1. The highest BCUT2D eigenvalue weighted by Gasteiger charge is 2.22. The molecule has 6 heteroatoms. The molecule has 1 aromatic heterocycles. The first-order valence-electron chi connectivity index (χ1n) is 5.00. The van der Waals surface area contributed by atoms with Gasteiger partial charge < -0.3 is 9.26 Å². The lowest BCUT2D eigenvalue weighted by atomic mass is 10.1. The normalized spacial score (nSPS) is 11.8. The Morgan fingerprint density at radius 1 is 1.50 bits per heavy atom. The fourth-order valence-corrected chi connectivity index (χ4v) is 1.36. The number of methoxy groups -OCH3 is 1. The first-order chi connectivity index (χ1) is 8.51. The van der Waals surface area contributed by atoms with Gasteiger partial charge in [-0.2, -0.15) is 0 Å². The smallest absolute Gasteiger partial charge is 0.372 e. The molecular formula is C12H12ClNO4. The number of hydrogen-bond acceptors (Lipinski definition) is 4. The number of rotatable bonds is 4. The Morgan fingerprint density at radius 3 is 2.67 bits per heavy atom. The van der Waals surface area contributed by atoms with Crippen molar-refractivity contribution in [3.8, 4) is 0 Å². The van der Waals surface area contributed by atoms with Gasteiger partial charge in [0.2, 0.25) is 0 Å². The van der Waals surface area contributed by atoms with Crippen LogP contribution in [-0.4, -0.2) is 18.2 Å². The van der Waals surface area contributed by atoms with Crippen LogP contribution >= 0.6 is 11.6 Å². The maximum Gasteiger partial charge on any atom is 0.372 e. The number of aromatic amines is 1. The van der Waals surface area contributed by atoms with Crippen molar-refractivity contribution < 1.29 is 14.1 Å². The van der Waals surface area contributed by atoms with Gasteiger partial charge in [0.1, 0.15) is 5.69 Å². The Morgan fingerprint density at radius 2 is 2.17 bits per heavy atom. The number of nitrogens with one attached hydrogen (secondary N) is 1. The lowest BCUT2D eigenvalue weighted by Crippen LogP contribution is -2.13. The number of aromatic nitrogens is 1. The quantitative estimate of drug-likeness (QED) is 0.673. The Balaban J connectivity index is 3.28. The first kappa shape index (κ1) is 14.1. The second-order valence-electron chi connectivity index (χ2n) is 3.26. The van der Waals surface area contributed by atoms with Gasteiger partial charge in [-0.15, -0.1) is 0 Å². The van der Waals surface area contributed by atoms with E-state index >= 15 is 0 Å². The third-order valence-corrected chi connectivity index (χ3v) is 2.26. The van der Waals surface area contributed by atoms with Crippen LogP contribution in [0.3, 0.4) is 0 Å². The van der Waals surface area contributed by atoms with E-state index < -0.39 is 11.6 Å². The molecule has 5 nitrogen and oxygen atoms in total. The molecule has 0 unspecified atom stereocenters. The maximum atomic E-state index is 11.5. The van der Waals surface area contributed by atoms with Crippen molar-refractivity contribution in [2.45, 2.75) is 6.92 Å². The van der Waals surface area contributed by atoms with Crippen LogP contribution in [0, 0.1) is 0 Å². The molecule has 0 saturated carbocycles. The van der Waals surface area contributed by atoms with Gasteiger partial charge in [0.05, 0.1) is 7.11 Å². The van der Waals surface area contributed by atoms with E-state index in [1.165, 1.54) is 13.2 Å². The van der Waals surface area contributed by atoms with E-state index in [1.807, 2.05) is 0 Å². The van der Waals surface area contributed by atoms with Crippen molar-refractivity contribution in [1.82, 2.24) is 5.16 Å². The van der Waals surface area contributed by atoms with E-state index in [0.29, 0.717) is 10.6 Å². The predicted octanol–water partition coefficient (Wildman–Crippen LogP) is 2.47. The van der Waals surface area contributed by atoms with Gasteiger partial charge in [-0.3, -0.25) is 0 Å². The minimum absolute atomic E-state index is 0.185. The molecule has 96 valence electrons. The van der Waals surface area contributed by atoms with Crippen LogP contribution in [0.5, 0.6) is 0 Å². The summed E-state index contributed by atoms with van der Waals surface area (Å²) in [5, 5.41) is 2.70. The number of H-pyrrole nitrogens is 1. The van der Waals surface area contributed by atoms with Gasteiger partial charge >= 0.3 is 11.6 Å². The Labute approximate surface area is 108 Å². The molecule has 1 aromatic rings. The standard InChI is InChI=1S/C12H12ClNO4/c1-4-8(6-5-7(2)13)10-9(11(15)17-3)12(16)18-14-10/h4-6,14H,2H2,1,3H3/b6-5-,8-4+. The van der Waals surface area contributed by atoms with Gasteiger partial charge in [-0.05, 0) is 18.6 Å². The number of halogens is 1. The zero-order valence-corrected chi connectivity index (χ0v) is 10.7. The van der Waals surface area contributed by atoms with Gasteiger partial charge in [0.15, 0.2) is 5.56 Å². The van der Waals surface area contributed by atoms with Crippen molar-refractivity contribution in [2.75, 3.05) is 7.11 Å². The monoisotopic (exact) mass is 269 g/mol. The van der Waals surface area contributed by atoms with E-state index in [1.54, 1.807) is 19.1 Å². The zero-order valence-electron chi connectivity index (χ0n) is 9.95. The Bertz CT molecular complexity index is 577. The molecule has 0 spiro atoms. The van der Waals surface area contributed by atoms with Crippen LogP contribution in [0.1, 0.15) is 23.0 Å². The highest BCUT2D eigenvalue weighted by atomic mass is 35.5. The molecular weight excluding hydrogens is 258 g/mol. The molecule has 0 aliphatic rings. The van der Waals surface area contributed by atoms with Crippen molar-refractivity contribution >= 4 is 23.1 Å². The van der Waals surface area contributed by atoms with E-state index in [0.717, 1.165) is 0 Å². The number of hydrogen-bond donors (Lipinski definition) is 1. The number of carbonyl (C=O) groups is 1. The Hall–Kier alpha value is -2.01. The molecule has 0 amide bonds. The van der Waals surface area contributed by atoms with E-state index in [2.05, 4.69) is 21.0 Å². The lowest BCUT2D eigenvalue weighted by molar-refractivity contribution is 0.0597. The molecule has 18 heavy (non-hydrogen) atoms. The summed E-state index contributed by atoms with van der Waals surface area (Å²) in [6, 6.07) is 0. The van der Waals surface area contributed by atoms with Gasteiger partial charge in [0.25, 0.3) is 0 Å². The summed E-state index contributed by atoms with van der Waals surface area (Å²) in [5.74, 6) is -0.766. The zero-order chi connectivity index (χ0) is 13.7. The van der Waals surface area contributed by atoms with Crippen molar-refractivity contribution in [3.63, 3.8) is 0 Å². The topological polar surface area (TPSA) is 72.3 Å². The SMILES string of the molecule is C=C(Cl)/C=C\C(=C/C)c1[nH]oc(=O)c1C(=O)OC. The molecule has 0 atom stereocenters. The molecule has 0 bridgehead atoms. The largest absolute Gasteiger partial charge is 0.465 e. The highest BCUT2D eigenvalue weighted by Crippen LogP contribution is 2.18. The molecule has 0 aromatic carbocycles. The van der Waals surface area contributed by atoms with E-state index in [4.69, 9.17) is 11.6 Å². The first-order valence-corrected chi connectivity index (χ1v) is 5.38. The average molecular weight is 270 g/mol. The molecule has 0 saturated heterocycles. The van der Waals surface area contributed by atoms with Crippen molar-refractivity contribution in [3.05, 3.63) is 51.5 Å². The van der Waals surface area contributed by atoms with Crippen molar-refractivity contribution in [2.24, 2.45) is 0 Å². The summed E-state index contributed by atoms with van der Waals surface area (Å²) in [7, 11) is 1.18. The predicted molar refractivity (Wildman–Crippen MR) is 68.5 cm³/mol. The summed E-state index contributed by atoms with van der Waals surface area (Å²) in [6.45, 7) is 5.24. The van der Waals surface area contributed by atoms with Crippen LogP contribution in [0.4, 0.5) is 0 Å². The van der Waals surface area contributed by atoms with Crippen molar-refractivity contribution in [1.29, 1.82) is 0 Å². The molecule has 0 aliphatic heterocycles. The average Bonchev–Trinajstić information content (AvgIpc) is 2.71. The molecule has 1 N–H and O–H groups in total. The number of carbonyl (C=O) groups excluding carboxylic acids is 1. The van der Waals surface area contributed by atoms with Gasteiger partial charge in [-0.25, -0.2) is 14.7 Å².